The number of rotatable bonds is 5. The van der Waals surface area contributed by atoms with Gasteiger partial charge in [-0.1, -0.05) is 91.9 Å². The quantitative estimate of drug-likeness (QED) is 0.614. The van der Waals surface area contributed by atoms with Crippen molar-refractivity contribution in [2.45, 2.75) is 19.4 Å². The van der Waals surface area contributed by atoms with E-state index in [0.717, 1.165) is 28.7 Å². The lowest BCUT2D eigenvalue weighted by molar-refractivity contribution is 0.239. The van der Waals surface area contributed by atoms with Gasteiger partial charge >= 0.3 is 0 Å². The van der Waals surface area contributed by atoms with Gasteiger partial charge in [0.2, 0.25) is 0 Å². The highest BCUT2D eigenvalue weighted by Crippen LogP contribution is 2.32. The van der Waals surface area contributed by atoms with Crippen molar-refractivity contribution in [3.63, 3.8) is 0 Å². The highest BCUT2D eigenvalue weighted by atomic mass is 16.3. The molecule has 1 nitrogen and oxygen atoms in total. The van der Waals surface area contributed by atoms with Crippen LogP contribution >= 0.6 is 0 Å². The van der Waals surface area contributed by atoms with E-state index in [1.54, 1.807) is 0 Å². The van der Waals surface area contributed by atoms with Crippen LogP contribution in [0.1, 0.15) is 35.3 Å². The number of hydrogen-bond acceptors (Lipinski definition) is 1. The summed E-state index contributed by atoms with van der Waals surface area (Å²) in [5.74, 6) is 0. The molecule has 0 spiro atoms. The summed E-state index contributed by atoms with van der Waals surface area (Å²) < 4.78 is 0. The van der Waals surface area contributed by atoms with Gasteiger partial charge in [-0.3, -0.25) is 0 Å². The highest BCUT2D eigenvalue weighted by molar-refractivity contribution is 5.84. The molecule has 0 saturated heterocycles. The maximum absolute atomic E-state index is 11.0. The third-order valence-electron chi connectivity index (χ3n) is 4.23. The smallest absolute Gasteiger partial charge is 0.105 e. The first-order valence-electron chi connectivity index (χ1n) is 8.37. The zero-order valence-corrected chi connectivity index (χ0v) is 13.9. The lowest BCUT2D eigenvalue weighted by Gasteiger charge is -2.17. The number of aliphatic hydroxyl groups is 1. The van der Waals surface area contributed by atoms with Crippen LogP contribution in [-0.2, 0) is 6.42 Å². The largest absolute Gasteiger partial charge is 0.384 e. The van der Waals surface area contributed by atoms with E-state index in [4.69, 9.17) is 0 Å². The van der Waals surface area contributed by atoms with Crippen molar-refractivity contribution >= 4 is 11.6 Å². The Morgan fingerprint density at radius 2 is 1.42 bits per heavy atom. The van der Waals surface area contributed by atoms with Gasteiger partial charge in [-0.15, -0.1) is 0 Å². The Morgan fingerprint density at radius 3 is 2.00 bits per heavy atom. The number of aliphatic hydroxyl groups excluding tert-OH is 1. The van der Waals surface area contributed by atoms with E-state index in [1.807, 2.05) is 48.5 Å². The molecule has 1 atom stereocenters. The molecule has 3 aromatic rings. The minimum Gasteiger partial charge on any atom is -0.384 e. The van der Waals surface area contributed by atoms with Crippen molar-refractivity contribution in [1.29, 1.82) is 0 Å². The first kappa shape index (κ1) is 16.2. The Labute approximate surface area is 143 Å². The van der Waals surface area contributed by atoms with Gasteiger partial charge < -0.3 is 5.11 Å². The van der Waals surface area contributed by atoms with Crippen molar-refractivity contribution in [2.24, 2.45) is 0 Å². The second-order valence-electron chi connectivity index (χ2n) is 5.87. The predicted octanol–water partition coefficient (Wildman–Crippen LogP) is 5.52. The lowest BCUT2D eigenvalue weighted by Crippen LogP contribution is -2.01. The summed E-state index contributed by atoms with van der Waals surface area (Å²) in [6.07, 6.45) is 2.43. The molecule has 0 aliphatic heterocycles. The fourth-order valence-electron chi connectivity index (χ4n) is 2.80. The predicted molar refractivity (Wildman–Crippen MR) is 102 cm³/mol. The van der Waals surface area contributed by atoms with E-state index in [9.17, 15) is 5.11 Å². The summed E-state index contributed by atoms with van der Waals surface area (Å²) in [5, 5.41) is 11.0. The van der Waals surface area contributed by atoms with E-state index in [0.29, 0.717) is 0 Å². The van der Waals surface area contributed by atoms with Gasteiger partial charge in [0.15, 0.2) is 0 Å². The second kappa shape index (κ2) is 7.76. The molecule has 0 radical (unpaired) electrons. The number of hydrogen-bond donors (Lipinski definition) is 1. The SMILES string of the molecule is CCc1ccc(/C(=C\c2ccccc2)C(O)c2ccccc2)cc1. The topological polar surface area (TPSA) is 20.2 Å². The average molecular weight is 314 g/mol. The maximum Gasteiger partial charge on any atom is 0.105 e. The first-order valence-corrected chi connectivity index (χ1v) is 8.37. The monoisotopic (exact) mass is 314 g/mol. The molecule has 1 unspecified atom stereocenters. The molecule has 1 heteroatoms. The highest BCUT2D eigenvalue weighted by Gasteiger charge is 2.15. The maximum atomic E-state index is 11.0. The van der Waals surface area contributed by atoms with Crippen molar-refractivity contribution in [2.75, 3.05) is 0 Å². The zero-order valence-electron chi connectivity index (χ0n) is 13.9. The van der Waals surface area contributed by atoms with Crippen molar-refractivity contribution in [3.05, 3.63) is 107 Å². The van der Waals surface area contributed by atoms with Crippen LogP contribution in [0.25, 0.3) is 11.6 Å². The van der Waals surface area contributed by atoms with Gasteiger partial charge in [-0.2, -0.15) is 0 Å². The molecule has 0 saturated carbocycles. The minimum atomic E-state index is -0.654. The first-order chi connectivity index (χ1) is 11.8. The van der Waals surface area contributed by atoms with Crippen LogP contribution in [0.15, 0.2) is 84.9 Å². The summed E-state index contributed by atoms with van der Waals surface area (Å²) >= 11 is 0. The Hall–Kier alpha value is -2.64. The third kappa shape index (κ3) is 3.81. The van der Waals surface area contributed by atoms with Crippen LogP contribution in [0, 0.1) is 0 Å². The van der Waals surface area contributed by atoms with Gasteiger partial charge in [0.25, 0.3) is 0 Å². The van der Waals surface area contributed by atoms with E-state index in [1.165, 1.54) is 5.56 Å². The Bertz CT molecular complexity index is 786. The molecular formula is C23H22O. The molecule has 0 aliphatic carbocycles. The fourth-order valence-corrected chi connectivity index (χ4v) is 2.80. The molecule has 0 aliphatic rings. The molecule has 0 aromatic heterocycles. The van der Waals surface area contributed by atoms with Crippen LogP contribution in [0.3, 0.4) is 0 Å². The normalized spacial score (nSPS) is 12.8. The molecular weight excluding hydrogens is 292 g/mol. The van der Waals surface area contributed by atoms with E-state index in [-0.39, 0.29) is 0 Å². The van der Waals surface area contributed by atoms with Gasteiger partial charge in [0.1, 0.15) is 6.10 Å². The van der Waals surface area contributed by atoms with Gasteiger partial charge in [0, 0.05) is 0 Å². The van der Waals surface area contributed by atoms with E-state index < -0.39 is 6.10 Å². The van der Waals surface area contributed by atoms with Gasteiger partial charge in [-0.05, 0) is 40.3 Å². The summed E-state index contributed by atoms with van der Waals surface area (Å²) in [6.45, 7) is 2.15. The third-order valence-corrected chi connectivity index (χ3v) is 4.23. The Balaban J connectivity index is 2.05. The summed E-state index contributed by atoms with van der Waals surface area (Å²) in [5.41, 5.74) is 5.25. The molecule has 3 rings (SSSR count). The van der Waals surface area contributed by atoms with Crippen molar-refractivity contribution in [3.8, 4) is 0 Å². The van der Waals surface area contributed by atoms with E-state index >= 15 is 0 Å². The Kier molecular flexibility index (Phi) is 5.25. The number of aryl methyl sites for hydroxylation is 1. The summed E-state index contributed by atoms with van der Waals surface area (Å²) in [7, 11) is 0. The average Bonchev–Trinajstić information content (AvgIpc) is 2.67. The van der Waals surface area contributed by atoms with Gasteiger partial charge in [-0.25, -0.2) is 0 Å². The fraction of sp³-hybridized carbons (Fsp3) is 0.130. The van der Waals surface area contributed by atoms with Crippen molar-refractivity contribution < 1.29 is 5.11 Å². The van der Waals surface area contributed by atoms with E-state index in [2.05, 4.69) is 49.4 Å². The van der Waals surface area contributed by atoms with Crippen LogP contribution in [0.2, 0.25) is 0 Å². The molecule has 0 amide bonds. The molecule has 0 heterocycles. The summed E-state index contributed by atoms with van der Waals surface area (Å²) in [6, 6.07) is 28.4. The minimum absolute atomic E-state index is 0.654. The summed E-state index contributed by atoms with van der Waals surface area (Å²) in [4.78, 5) is 0. The van der Waals surface area contributed by atoms with Crippen LogP contribution in [0.5, 0.6) is 0 Å². The number of benzene rings is 3. The second-order valence-corrected chi connectivity index (χ2v) is 5.87. The van der Waals surface area contributed by atoms with Gasteiger partial charge in [0.05, 0.1) is 0 Å². The molecule has 3 aromatic carbocycles. The molecule has 120 valence electrons. The van der Waals surface area contributed by atoms with Crippen LogP contribution < -0.4 is 0 Å². The van der Waals surface area contributed by atoms with Crippen molar-refractivity contribution in [1.82, 2.24) is 0 Å². The van der Waals surface area contributed by atoms with Crippen LogP contribution in [0.4, 0.5) is 0 Å². The standard InChI is InChI=1S/C23H22O/c1-2-18-13-15-20(16-14-18)22(17-19-9-5-3-6-10-19)23(24)21-11-7-4-8-12-21/h3-17,23-24H,2H2,1H3/b22-17+. The lowest BCUT2D eigenvalue weighted by atomic mass is 9.92. The molecule has 0 bridgehead atoms. The molecule has 1 N–H and O–H groups in total. The van der Waals surface area contributed by atoms with Crippen LogP contribution in [-0.4, -0.2) is 5.11 Å². The zero-order chi connectivity index (χ0) is 16.8. The Morgan fingerprint density at radius 1 is 0.833 bits per heavy atom. The molecule has 24 heavy (non-hydrogen) atoms. The molecule has 0 fully saturated rings.